The predicted octanol–water partition coefficient (Wildman–Crippen LogP) is 2.18. The van der Waals surface area contributed by atoms with Crippen molar-refractivity contribution in [2.24, 2.45) is 11.8 Å². The maximum absolute atomic E-state index is 11.6. The van der Waals surface area contributed by atoms with Crippen LogP contribution in [0.1, 0.15) is 26.2 Å². The van der Waals surface area contributed by atoms with Crippen LogP contribution in [0.25, 0.3) is 0 Å². The molecule has 0 aromatic carbocycles. The van der Waals surface area contributed by atoms with E-state index in [2.05, 4.69) is 19.1 Å². The lowest BCUT2D eigenvalue weighted by Gasteiger charge is -2.28. The molecule has 1 spiro atoms. The summed E-state index contributed by atoms with van der Waals surface area (Å²) in [5, 5.41) is 0. The molecule has 15 heavy (non-hydrogen) atoms. The second kappa shape index (κ2) is 2.77. The summed E-state index contributed by atoms with van der Waals surface area (Å²) in [5.74, 6) is 1.30. The molecule has 82 valence electrons. The molecular weight excluding hydrogens is 190 g/mol. The first-order chi connectivity index (χ1) is 7.25. The minimum Gasteiger partial charge on any atom is -0.453 e. The van der Waals surface area contributed by atoms with Gasteiger partial charge in [0.15, 0.2) is 0 Å². The van der Waals surface area contributed by atoms with E-state index in [-0.39, 0.29) is 11.6 Å². The summed E-state index contributed by atoms with van der Waals surface area (Å²) in [5.41, 5.74) is 0.0902. The lowest BCUT2D eigenvalue weighted by atomic mass is 9.83. The van der Waals surface area contributed by atoms with Gasteiger partial charge in [0.1, 0.15) is 0 Å². The fourth-order valence-electron chi connectivity index (χ4n) is 3.68. The van der Waals surface area contributed by atoms with Crippen LogP contribution in [-0.2, 0) is 4.74 Å². The predicted molar refractivity (Wildman–Crippen MR) is 56.4 cm³/mol. The minimum absolute atomic E-state index is 0.0902. The average Bonchev–Trinajstić information content (AvgIpc) is 2.88. The summed E-state index contributed by atoms with van der Waals surface area (Å²) in [7, 11) is 1.47. The number of carbonyl (C=O) groups excluding carboxylic acids is 1. The van der Waals surface area contributed by atoms with Gasteiger partial charge in [-0.05, 0) is 18.8 Å². The zero-order chi connectivity index (χ0) is 10.6. The van der Waals surface area contributed by atoms with Gasteiger partial charge in [0.2, 0.25) is 0 Å². The second-order valence-electron chi connectivity index (χ2n) is 4.92. The van der Waals surface area contributed by atoms with Crippen LogP contribution < -0.4 is 0 Å². The van der Waals surface area contributed by atoms with Crippen LogP contribution in [0.15, 0.2) is 12.2 Å². The van der Waals surface area contributed by atoms with Crippen LogP contribution in [0.2, 0.25) is 0 Å². The van der Waals surface area contributed by atoms with Crippen molar-refractivity contribution in [3.63, 3.8) is 0 Å². The molecule has 1 heterocycles. The van der Waals surface area contributed by atoms with E-state index in [0.29, 0.717) is 17.9 Å². The SMILES string of the molecule is CCCC1CC2C=CC23C1N3C(=O)OC. The number of ether oxygens (including phenoxy) is 1. The van der Waals surface area contributed by atoms with Crippen LogP contribution in [0, 0.1) is 11.8 Å². The summed E-state index contributed by atoms with van der Waals surface area (Å²) in [4.78, 5) is 13.5. The maximum atomic E-state index is 11.6. The Labute approximate surface area is 90.1 Å². The van der Waals surface area contributed by atoms with Gasteiger partial charge in [0.25, 0.3) is 0 Å². The highest BCUT2D eigenvalue weighted by Crippen LogP contribution is 2.65. The van der Waals surface area contributed by atoms with Crippen LogP contribution in [0.4, 0.5) is 4.79 Å². The number of rotatable bonds is 2. The van der Waals surface area contributed by atoms with E-state index in [1.54, 1.807) is 0 Å². The van der Waals surface area contributed by atoms with Gasteiger partial charge >= 0.3 is 6.09 Å². The monoisotopic (exact) mass is 207 g/mol. The Bertz CT molecular complexity index is 339. The van der Waals surface area contributed by atoms with E-state index in [4.69, 9.17) is 4.74 Å². The summed E-state index contributed by atoms with van der Waals surface area (Å²) in [6.45, 7) is 2.21. The quantitative estimate of drug-likeness (QED) is 0.513. The van der Waals surface area contributed by atoms with Gasteiger partial charge in [-0.15, -0.1) is 0 Å². The van der Waals surface area contributed by atoms with Gasteiger partial charge in [-0.1, -0.05) is 25.5 Å². The molecule has 1 saturated heterocycles. The standard InChI is InChI=1S/C12H17NO2/c1-3-4-8-7-9-5-6-12(9)10(8)13(12)11(14)15-2/h5-6,8-10H,3-4,7H2,1-2H3. The van der Waals surface area contributed by atoms with E-state index in [1.165, 1.54) is 26.4 Å². The molecule has 3 rings (SSSR count). The highest BCUT2D eigenvalue weighted by atomic mass is 16.5. The van der Waals surface area contributed by atoms with E-state index < -0.39 is 0 Å². The number of nitrogens with zero attached hydrogens (tertiary/aromatic N) is 1. The van der Waals surface area contributed by atoms with E-state index in [1.807, 2.05) is 4.90 Å². The Morgan fingerprint density at radius 2 is 2.47 bits per heavy atom. The van der Waals surface area contributed by atoms with Crippen molar-refractivity contribution in [1.82, 2.24) is 4.90 Å². The van der Waals surface area contributed by atoms with Crippen molar-refractivity contribution in [3.8, 4) is 0 Å². The van der Waals surface area contributed by atoms with Crippen molar-refractivity contribution in [1.29, 1.82) is 0 Å². The topological polar surface area (TPSA) is 29.3 Å². The van der Waals surface area contributed by atoms with Crippen LogP contribution in [-0.4, -0.2) is 29.7 Å². The summed E-state index contributed by atoms with van der Waals surface area (Å²) >= 11 is 0. The molecule has 3 heteroatoms. The highest BCUT2D eigenvalue weighted by Gasteiger charge is 2.76. The smallest absolute Gasteiger partial charge is 0.410 e. The van der Waals surface area contributed by atoms with Crippen molar-refractivity contribution in [3.05, 3.63) is 12.2 Å². The molecule has 3 nitrogen and oxygen atoms in total. The van der Waals surface area contributed by atoms with Gasteiger partial charge < -0.3 is 4.74 Å². The van der Waals surface area contributed by atoms with Gasteiger partial charge in [0, 0.05) is 5.92 Å². The molecule has 0 bridgehead atoms. The summed E-state index contributed by atoms with van der Waals surface area (Å²) in [6.07, 6.45) is 8.02. The highest BCUT2D eigenvalue weighted by molar-refractivity contribution is 5.77. The molecule has 1 amide bonds. The fraction of sp³-hybridized carbons (Fsp3) is 0.750. The Hall–Kier alpha value is -0.990. The second-order valence-corrected chi connectivity index (χ2v) is 4.92. The van der Waals surface area contributed by atoms with Crippen LogP contribution in [0.3, 0.4) is 0 Å². The molecule has 0 N–H and O–H groups in total. The van der Waals surface area contributed by atoms with Crippen molar-refractivity contribution in [2.45, 2.75) is 37.8 Å². The van der Waals surface area contributed by atoms with Gasteiger partial charge in [-0.2, -0.15) is 0 Å². The number of carbonyl (C=O) groups is 1. The largest absolute Gasteiger partial charge is 0.453 e. The lowest BCUT2D eigenvalue weighted by Crippen LogP contribution is -2.34. The minimum atomic E-state index is -0.143. The number of piperidine rings is 1. The Kier molecular flexibility index (Phi) is 1.71. The molecule has 4 atom stereocenters. The first-order valence-electron chi connectivity index (χ1n) is 5.82. The Morgan fingerprint density at radius 3 is 3.00 bits per heavy atom. The lowest BCUT2D eigenvalue weighted by molar-refractivity contribution is 0.135. The van der Waals surface area contributed by atoms with Crippen LogP contribution in [0.5, 0.6) is 0 Å². The van der Waals surface area contributed by atoms with E-state index in [9.17, 15) is 4.79 Å². The van der Waals surface area contributed by atoms with Crippen molar-refractivity contribution in [2.75, 3.05) is 7.11 Å². The first-order valence-corrected chi connectivity index (χ1v) is 5.82. The first kappa shape index (κ1) is 9.25. The molecule has 0 aromatic heterocycles. The third-order valence-electron chi connectivity index (χ3n) is 4.32. The zero-order valence-electron chi connectivity index (χ0n) is 9.27. The van der Waals surface area contributed by atoms with Crippen LogP contribution >= 0.6 is 0 Å². The number of hydrogen-bond acceptors (Lipinski definition) is 2. The van der Waals surface area contributed by atoms with Crippen molar-refractivity contribution < 1.29 is 9.53 Å². The third-order valence-corrected chi connectivity index (χ3v) is 4.32. The molecule has 3 aliphatic rings. The molecular formula is C12H17NO2. The number of methoxy groups -OCH3 is 1. The molecule has 2 aliphatic carbocycles. The zero-order valence-corrected chi connectivity index (χ0v) is 9.27. The third kappa shape index (κ3) is 0.894. The van der Waals surface area contributed by atoms with Gasteiger partial charge in [-0.3, -0.25) is 4.90 Å². The number of hydrogen-bond donors (Lipinski definition) is 0. The Balaban J connectivity index is 1.81. The van der Waals surface area contributed by atoms with Gasteiger partial charge in [0.05, 0.1) is 18.7 Å². The summed E-state index contributed by atoms with van der Waals surface area (Å²) < 4.78 is 4.84. The van der Waals surface area contributed by atoms with Gasteiger partial charge in [-0.25, -0.2) is 4.79 Å². The number of amides is 1. The van der Waals surface area contributed by atoms with E-state index >= 15 is 0 Å². The number of likely N-dealkylation sites (tertiary alicyclic amines) is 1. The Morgan fingerprint density at radius 1 is 1.67 bits per heavy atom. The fourth-order valence-corrected chi connectivity index (χ4v) is 3.68. The molecule has 4 unspecified atom stereocenters. The molecule has 2 fully saturated rings. The molecule has 0 radical (unpaired) electrons. The van der Waals surface area contributed by atoms with Crippen molar-refractivity contribution >= 4 is 6.09 Å². The normalized spacial score (nSPS) is 44.4. The maximum Gasteiger partial charge on any atom is 0.410 e. The van der Waals surface area contributed by atoms with E-state index in [0.717, 1.165) is 0 Å². The molecule has 1 aliphatic heterocycles. The summed E-state index contributed by atoms with van der Waals surface area (Å²) in [6, 6.07) is 0.444. The molecule has 1 saturated carbocycles. The molecule has 0 aromatic rings. The average molecular weight is 207 g/mol.